The Morgan fingerprint density at radius 1 is 1.22 bits per heavy atom. The monoisotopic (exact) mass is 382 g/mol. The van der Waals surface area contributed by atoms with Gasteiger partial charge in [-0.25, -0.2) is 0 Å². The van der Waals surface area contributed by atoms with Crippen LogP contribution in [0.15, 0.2) is 41.8 Å². The van der Waals surface area contributed by atoms with Gasteiger partial charge in [-0.05, 0) is 54.7 Å². The van der Waals surface area contributed by atoms with Gasteiger partial charge in [0, 0.05) is 30.9 Å². The van der Waals surface area contributed by atoms with Crippen molar-refractivity contribution in [2.24, 2.45) is 11.3 Å². The molecule has 1 aliphatic heterocycles. The number of amides is 2. The van der Waals surface area contributed by atoms with Gasteiger partial charge in [-0.15, -0.1) is 11.3 Å². The van der Waals surface area contributed by atoms with Gasteiger partial charge in [0.05, 0.1) is 5.41 Å². The first-order valence-corrected chi connectivity index (χ1v) is 10.6. The second-order valence-corrected chi connectivity index (χ2v) is 8.76. The number of thiophene rings is 1. The molecule has 2 fully saturated rings. The molecule has 4 rings (SSSR count). The summed E-state index contributed by atoms with van der Waals surface area (Å²) in [6.07, 6.45) is 4.37. The molecule has 2 aromatic rings. The van der Waals surface area contributed by atoms with Crippen LogP contribution in [0.2, 0.25) is 0 Å². The molecule has 2 heterocycles. The quantitative estimate of drug-likeness (QED) is 0.857. The molecule has 142 valence electrons. The largest absolute Gasteiger partial charge is 0.359 e. The van der Waals surface area contributed by atoms with E-state index in [4.69, 9.17) is 0 Å². The minimum atomic E-state index is -0.551. The number of likely N-dealkylation sites (tertiary alicyclic amines) is 1. The van der Waals surface area contributed by atoms with Crippen LogP contribution in [0.1, 0.15) is 31.2 Å². The SMILES string of the molecule is CNC(=O)[C@@]1(Cc2ccccc2-c2cccs2)CCCN(C(=O)C2CC2)C1. The lowest BCUT2D eigenvalue weighted by Crippen LogP contribution is -2.54. The lowest BCUT2D eigenvalue weighted by Gasteiger charge is -2.42. The molecule has 1 aromatic carbocycles. The molecular weight excluding hydrogens is 356 g/mol. The molecule has 0 spiro atoms. The topological polar surface area (TPSA) is 49.4 Å². The number of hydrogen-bond acceptors (Lipinski definition) is 3. The Hall–Kier alpha value is -2.14. The van der Waals surface area contributed by atoms with Gasteiger partial charge < -0.3 is 10.2 Å². The third-order valence-corrected chi connectivity index (χ3v) is 6.76. The van der Waals surface area contributed by atoms with E-state index in [2.05, 4.69) is 41.0 Å². The van der Waals surface area contributed by atoms with Gasteiger partial charge in [0.15, 0.2) is 0 Å². The maximum Gasteiger partial charge on any atom is 0.228 e. The fourth-order valence-corrected chi connectivity index (χ4v) is 5.08. The highest BCUT2D eigenvalue weighted by molar-refractivity contribution is 7.13. The van der Waals surface area contributed by atoms with Crippen LogP contribution in [-0.2, 0) is 16.0 Å². The van der Waals surface area contributed by atoms with Crippen LogP contribution in [0.3, 0.4) is 0 Å². The summed E-state index contributed by atoms with van der Waals surface area (Å²) >= 11 is 1.72. The number of nitrogens with zero attached hydrogens (tertiary/aromatic N) is 1. The smallest absolute Gasteiger partial charge is 0.228 e. The maximum absolute atomic E-state index is 13.0. The second kappa shape index (κ2) is 7.47. The van der Waals surface area contributed by atoms with Gasteiger partial charge in [-0.1, -0.05) is 30.3 Å². The number of piperidine rings is 1. The first-order valence-electron chi connectivity index (χ1n) is 9.76. The highest BCUT2D eigenvalue weighted by Gasteiger charge is 2.45. The Kier molecular flexibility index (Phi) is 5.04. The molecule has 2 amide bonds. The molecule has 1 saturated carbocycles. The highest BCUT2D eigenvalue weighted by atomic mass is 32.1. The molecule has 4 nitrogen and oxygen atoms in total. The molecule has 0 bridgehead atoms. The van der Waals surface area contributed by atoms with Crippen LogP contribution < -0.4 is 5.32 Å². The molecule has 1 saturated heterocycles. The Bertz CT molecular complexity index is 829. The predicted molar refractivity (Wildman–Crippen MR) is 108 cm³/mol. The van der Waals surface area contributed by atoms with Gasteiger partial charge in [0.25, 0.3) is 0 Å². The molecule has 5 heteroatoms. The predicted octanol–water partition coefficient (Wildman–Crippen LogP) is 3.72. The van der Waals surface area contributed by atoms with Crippen molar-refractivity contribution >= 4 is 23.2 Å². The van der Waals surface area contributed by atoms with E-state index in [1.807, 2.05) is 11.0 Å². The first-order chi connectivity index (χ1) is 13.1. The van der Waals surface area contributed by atoms with E-state index in [0.717, 1.165) is 32.2 Å². The standard InChI is InChI=1S/C22H26N2O2S/c1-23-21(26)22(11-5-12-24(15-22)20(25)16-9-10-16)14-17-6-2-3-7-18(17)19-8-4-13-27-19/h2-4,6-8,13,16H,5,9-12,14-15H2,1H3,(H,23,26)/t22-/m1/s1. The van der Waals surface area contributed by atoms with Crippen molar-refractivity contribution in [1.29, 1.82) is 0 Å². The van der Waals surface area contributed by atoms with E-state index in [-0.39, 0.29) is 17.7 Å². The molecule has 2 aliphatic rings. The Balaban J connectivity index is 1.65. The average molecular weight is 383 g/mol. The second-order valence-electron chi connectivity index (χ2n) is 7.81. The van der Waals surface area contributed by atoms with E-state index >= 15 is 0 Å². The van der Waals surface area contributed by atoms with Crippen LogP contribution in [0.5, 0.6) is 0 Å². The summed E-state index contributed by atoms with van der Waals surface area (Å²) in [6, 6.07) is 12.5. The molecule has 0 unspecified atom stereocenters. The van der Waals surface area contributed by atoms with E-state index < -0.39 is 5.41 Å². The average Bonchev–Trinajstić information content (AvgIpc) is 3.41. The van der Waals surface area contributed by atoms with Gasteiger partial charge in [-0.2, -0.15) is 0 Å². The lowest BCUT2D eigenvalue weighted by molar-refractivity contribution is -0.142. The van der Waals surface area contributed by atoms with E-state index in [9.17, 15) is 9.59 Å². The number of nitrogens with one attached hydrogen (secondary N) is 1. The van der Waals surface area contributed by atoms with Crippen molar-refractivity contribution in [3.05, 3.63) is 47.3 Å². The van der Waals surface area contributed by atoms with Gasteiger partial charge >= 0.3 is 0 Å². The Labute approximate surface area is 164 Å². The van der Waals surface area contributed by atoms with Crippen molar-refractivity contribution in [2.45, 2.75) is 32.1 Å². The fourth-order valence-electron chi connectivity index (χ4n) is 4.29. The Morgan fingerprint density at radius 3 is 2.74 bits per heavy atom. The Morgan fingerprint density at radius 2 is 2.04 bits per heavy atom. The zero-order chi connectivity index (χ0) is 18.9. The van der Waals surface area contributed by atoms with Crippen molar-refractivity contribution in [3.8, 4) is 10.4 Å². The van der Waals surface area contributed by atoms with E-state index in [1.165, 1.54) is 16.0 Å². The normalized spacial score (nSPS) is 22.5. The number of carbonyl (C=O) groups excluding carboxylic acids is 2. The summed E-state index contributed by atoms with van der Waals surface area (Å²) in [5.41, 5.74) is 1.83. The summed E-state index contributed by atoms with van der Waals surface area (Å²) in [5.74, 6) is 0.496. The summed E-state index contributed by atoms with van der Waals surface area (Å²) in [7, 11) is 1.71. The van der Waals surface area contributed by atoms with Crippen LogP contribution in [-0.4, -0.2) is 36.9 Å². The maximum atomic E-state index is 13.0. The minimum absolute atomic E-state index is 0.0526. The van der Waals surface area contributed by atoms with E-state index in [1.54, 1.807) is 18.4 Å². The van der Waals surface area contributed by atoms with E-state index in [0.29, 0.717) is 13.0 Å². The van der Waals surface area contributed by atoms with Crippen LogP contribution in [0, 0.1) is 11.3 Å². The molecule has 1 N–H and O–H groups in total. The van der Waals surface area contributed by atoms with Gasteiger partial charge in [-0.3, -0.25) is 9.59 Å². The lowest BCUT2D eigenvalue weighted by atomic mass is 9.73. The molecule has 1 aromatic heterocycles. The summed E-state index contributed by atoms with van der Waals surface area (Å²) in [6.45, 7) is 1.31. The van der Waals surface area contributed by atoms with Crippen LogP contribution in [0.25, 0.3) is 10.4 Å². The van der Waals surface area contributed by atoms with Gasteiger partial charge in [0.1, 0.15) is 0 Å². The first kappa shape index (κ1) is 18.2. The zero-order valence-corrected chi connectivity index (χ0v) is 16.6. The third kappa shape index (κ3) is 3.65. The third-order valence-electron chi connectivity index (χ3n) is 5.86. The number of rotatable bonds is 5. The number of hydrogen-bond donors (Lipinski definition) is 1. The molecule has 27 heavy (non-hydrogen) atoms. The summed E-state index contributed by atoms with van der Waals surface area (Å²) in [4.78, 5) is 28.8. The summed E-state index contributed by atoms with van der Waals surface area (Å²) in [5, 5.41) is 4.96. The minimum Gasteiger partial charge on any atom is -0.359 e. The fraction of sp³-hybridized carbons (Fsp3) is 0.455. The van der Waals surface area contributed by atoms with Crippen molar-refractivity contribution in [3.63, 3.8) is 0 Å². The molecule has 1 atom stereocenters. The van der Waals surface area contributed by atoms with Crippen LogP contribution in [0.4, 0.5) is 0 Å². The molecule has 1 aliphatic carbocycles. The van der Waals surface area contributed by atoms with Crippen molar-refractivity contribution in [2.75, 3.05) is 20.1 Å². The molecule has 0 radical (unpaired) electrons. The number of carbonyl (C=O) groups is 2. The zero-order valence-electron chi connectivity index (χ0n) is 15.7. The van der Waals surface area contributed by atoms with Crippen LogP contribution >= 0.6 is 11.3 Å². The van der Waals surface area contributed by atoms with Crippen molar-refractivity contribution in [1.82, 2.24) is 10.2 Å². The molecular formula is C22H26N2O2S. The van der Waals surface area contributed by atoms with Crippen molar-refractivity contribution < 1.29 is 9.59 Å². The number of benzene rings is 1. The highest BCUT2D eigenvalue weighted by Crippen LogP contribution is 2.40. The summed E-state index contributed by atoms with van der Waals surface area (Å²) < 4.78 is 0. The van der Waals surface area contributed by atoms with Gasteiger partial charge in [0.2, 0.25) is 11.8 Å².